The van der Waals surface area contributed by atoms with Crippen LogP contribution < -0.4 is 5.73 Å². The minimum absolute atomic E-state index is 0. The van der Waals surface area contributed by atoms with E-state index in [4.69, 9.17) is 10.5 Å². The molecule has 4 atom stereocenters. The summed E-state index contributed by atoms with van der Waals surface area (Å²) in [5, 5.41) is 4.12. The van der Waals surface area contributed by atoms with Crippen LogP contribution in [0.1, 0.15) is 38.9 Å². The van der Waals surface area contributed by atoms with E-state index in [0.29, 0.717) is 13.1 Å². The highest BCUT2D eigenvalue weighted by atomic mass is 35.5. The number of hydrogen-bond donors (Lipinski definition) is 1. The minimum atomic E-state index is -0.409. The Balaban J connectivity index is 0.00000220. The van der Waals surface area contributed by atoms with Gasteiger partial charge in [-0.15, -0.1) is 12.4 Å². The van der Waals surface area contributed by atoms with Crippen molar-refractivity contribution < 1.29 is 9.53 Å². The van der Waals surface area contributed by atoms with Crippen LogP contribution in [0.4, 0.5) is 0 Å². The summed E-state index contributed by atoms with van der Waals surface area (Å²) in [7, 11) is 0. The fourth-order valence-corrected chi connectivity index (χ4v) is 3.18. The summed E-state index contributed by atoms with van der Waals surface area (Å²) in [4.78, 5) is 14.4. The maximum atomic E-state index is 12.5. The number of amides is 1. The van der Waals surface area contributed by atoms with Crippen molar-refractivity contribution >= 4 is 29.7 Å². The first-order chi connectivity index (χ1) is 9.52. The van der Waals surface area contributed by atoms with E-state index in [1.807, 2.05) is 24.1 Å². The molecule has 1 aromatic rings. The second-order valence-electron chi connectivity index (χ2n) is 5.65. The largest absolute Gasteiger partial charge is 0.367 e. The van der Waals surface area contributed by atoms with E-state index in [-0.39, 0.29) is 36.4 Å². The molecule has 4 unspecified atom stereocenters. The van der Waals surface area contributed by atoms with Gasteiger partial charge in [0.25, 0.3) is 0 Å². The summed E-state index contributed by atoms with van der Waals surface area (Å²) in [5.41, 5.74) is 7.23. The van der Waals surface area contributed by atoms with E-state index < -0.39 is 6.04 Å². The Hall–Kier alpha value is -0.620. The number of hydrogen-bond acceptors (Lipinski definition) is 4. The maximum Gasteiger partial charge on any atom is 0.239 e. The van der Waals surface area contributed by atoms with Crippen LogP contribution in [0.2, 0.25) is 0 Å². The number of rotatable bonds is 4. The molecule has 0 saturated carbocycles. The molecule has 21 heavy (non-hydrogen) atoms. The molecule has 1 aromatic heterocycles. The molecule has 1 saturated heterocycles. The maximum absolute atomic E-state index is 12.5. The fraction of sp³-hybridized carbons (Fsp3) is 0.667. The van der Waals surface area contributed by atoms with E-state index in [2.05, 4.69) is 18.4 Å². The lowest BCUT2D eigenvalue weighted by atomic mass is 9.98. The molecular weight excluding hydrogens is 308 g/mol. The van der Waals surface area contributed by atoms with Crippen molar-refractivity contribution in [2.24, 2.45) is 11.7 Å². The molecule has 2 heterocycles. The third-order valence-corrected chi connectivity index (χ3v) is 4.73. The highest BCUT2D eigenvalue weighted by Gasteiger charge is 2.33. The van der Waals surface area contributed by atoms with E-state index in [1.54, 1.807) is 11.3 Å². The molecule has 0 radical (unpaired) electrons. The van der Waals surface area contributed by atoms with Gasteiger partial charge in [-0.2, -0.15) is 11.3 Å². The van der Waals surface area contributed by atoms with Crippen LogP contribution in [0.3, 0.4) is 0 Å². The summed E-state index contributed by atoms with van der Waals surface area (Å²) < 4.78 is 5.95. The molecule has 4 nitrogen and oxygen atoms in total. The number of ether oxygens (including phenoxy) is 1. The zero-order chi connectivity index (χ0) is 14.7. The van der Waals surface area contributed by atoms with E-state index in [9.17, 15) is 4.79 Å². The summed E-state index contributed by atoms with van der Waals surface area (Å²) in [6.07, 6.45) is 0.931. The molecule has 2 N–H and O–H groups in total. The van der Waals surface area contributed by atoms with Crippen molar-refractivity contribution in [3.05, 3.63) is 22.4 Å². The van der Waals surface area contributed by atoms with Gasteiger partial charge in [-0.3, -0.25) is 4.79 Å². The van der Waals surface area contributed by atoms with Crippen molar-refractivity contribution in [2.45, 2.75) is 45.4 Å². The first kappa shape index (κ1) is 18.4. The topological polar surface area (TPSA) is 55.6 Å². The molecule has 1 fully saturated rings. The van der Waals surface area contributed by atoms with Crippen molar-refractivity contribution in [1.82, 2.24) is 4.90 Å². The Labute approximate surface area is 137 Å². The molecule has 1 aliphatic rings. The monoisotopic (exact) mass is 332 g/mol. The molecule has 1 amide bonds. The van der Waals surface area contributed by atoms with Gasteiger partial charge in [0.05, 0.1) is 18.7 Å². The number of thiophene rings is 1. The number of nitrogens with two attached hydrogens (primary N) is 1. The SMILES string of the molecule is CCC(C)C(N)C(=O)N1CC(C)OC(c2ccsc2)C1.Cl. The Morgan fingerprint density at radius 1 is 1.57 bits per heavy atom. The number of carbonyl (C=O) groups excluding carboxylic acids is 1. The molecule has 1 aliphatic heterocycles. The van der Waals surface area contributed by atoms with Crippen molar-refractivity contribution in [1.29, 1.82) is 0 Å². The highest BCUT2D eigenvalue weighted by molar-refractivity contribution is 7.07. The Kier molecular flexibility index (Phi) is 7.13. The summed E-state index contributed by atoms with van der Waals surface area (Å²) in [6.45, 7) is 7.33. The minimum Gasteiger partial charge on any atom is -0.367 e. The summed E-state index contributed by atoms with van der Waals surface area (Å²) in [6, 6.07) is 1.65. The third-order valence-electron chi connectivity index (χ3n) is 4.03. The van der Waals surface area contributed by atoms with Crippen LogP contribution >= 0.6 is 23.7 Å². The Morgan fingerprint density at radius 3 is 2.86 bits per heavy atom. The smallest absolute Gasteiger partial charge is 0.239 e. The van der Waals surface area contributed by atoms with Gasteiger partial charge in [-0.1, -0.05) is 20.3 Å². The lowest BCUT2D eigenvalue weighted by Crippen LogP contribution is -2.53. The molecule has 0 bridgehead atoms. The third kappa shape index (κ3) is 4.42. The highest BCUT2D eigenvalue weighted by Crippen LogP contribution is 2.27. The number of carbonyl (C=O) groups is 1. The van der Waals surface area contributed by atoms with Crippen LogP contribution in [-0.4, -0.2) is 36.0 Å². The molecule has 2 rings (SSSR count). The second-order valence-corrected chi connectivity index (χ2v) is 6.43. The number of nitrogens with zero attached hydrogens (tertiary/aromatic N) is 1. The van der Waals surface area contributed by atoms with Crippen LogP contribution in [0.15, 0.2) is 16.8 Å². The molecule has 6 heteroatoms. The average Bonchev–Trinajstić information content (AvgIpc) is 2.98. The van der Waals surface area contributed by atoms with Gasteiger partial charge in [0.2, 0.25) is 5.91 Å². The van der Waals surface area contributed by atoms with Crippen molar-refractivity contribution in [3.63, 3.8) is 0 Å². The van der Waals surface area contributed by atoms with E-state index >= 15 is 0 Å². The second kappa shape index (κ2) is 8.13. The Morgan fingerprint density at radius 2 is 2.29 bits per heavy atom. The molecular formula is C15H25ClN2O2S. The van der Waals surface area contributed by atoms with Crippen LogP contribution in [0.25, 0.3) is 0 Å². The predicted molar refractivity (Wildman–Crippen MR) is 88.9 cm³/mol. The molecule has 0 spiro atoms. The summed E-state index contributed by atoms with van der Waals surface area (Å²) in [5.74, 6) is 0.259. The lowest BCUT2D eigenvalue weighted by molar-refractivity contribution is -0.147. The van der Waals surface area contributed by atoms with Crippen LogP contribution in [0, 0.1) is 5.92 Å². The number of halogens is 1. The normalized spacial score (nSPS) is 25.0. The van der Waals surface area contributed by atoms with Crippen molar-refractivity contribution in [2.75, 3.05) is 13.1 Å². The first-order valence-corrected chi connectivity index (χ1v) is 8.19. The van der Waals surface area contributed by atoms with E-state index in [1.165, 1.54) is 0 Å². The van der Waals surface area contributed by atoms with Gasteiger partial charge in [0.15, 0.2) is 0 Å². The van der Waals surface area contributed by atoms with Gasteiger partial charge in [0, 0.05) is 6.54 Å². The number of morpholine rings is 1. The molecule has 0 aromatic carbocycles. The molecule has 120 valence electrons. The summed E-state index contributed by atoms with van der Waals surface area (Å²) >= 11 is 1.65. The van der Waals surface area contributed by atoms with Crippen LogP contribution in [-0.2, 0) is 9.53 Å². The molecule has 0 aliphatic carbocycles. The van der Waals surface area contributed by atoms with Crippen molar-refractivity contribution in [3.8, 4) is 0 Å². The standard InChI is InChI=1S/C15H24N2O2S.ClH/c1-4-10(2)14(16)15(18)17-7-11(3)19-13(8-17)12-5-6-20-9-12;/h5-6,9-11,13-14H,4,7-8,16H2,1-3H3;1H. The fourth-order valence-electron chi connectivity index (χ4n) is 2.48. The zero-order valence-electron chi connectivity index (χ0n) is 12.8. The van der Waals surface area contributed by atoms with Gasteiger partial charge in [-0.05, 0) is 35.2 Å². The Bertz CT molecular complexity index is 441. The predicted octanol–water partition coefficient (Wildman–Crippen LogP) is 2.83. The lowest BCUT2D eigenvalue weighted by Gasteiger charge is -2.38. The first-order valence-electron chi connectivity index (χ1n) is 7.24. The average molecular weight is 333 g/mol. The van der Waals surface area contributed by atoms with Gasteiger partial charge < -0.3 is 15.4 Å². The quantitative estimate of drug-likeness (QED) is 0.922. The van der Waals surface area contributed by atoms with Gasteiger partial charge >= 0.3 is 0 Å². The van der Waals surface area contributed by atoms with Gasteiger partial charge in [0.1, 0.15) is 6.10 Å². The van der Waals surface area contributed by atoms with E-state index in [0.717, 1.165) is 12.0 Å². The van der Waals surface area contributed by atoms with Crippen LogP contribution in [0.5, 0.6) is 0 Å². The zero-order valence-corrected chi connectivity index (χ0v) is 14.5. The van der Waals surface area contributed by atoms with Gasteiger partial charge in [-0.25, -0.2) is 0 Å².